The van der Waals surface area contributed by atoms with Crippen LogP contribution in [0.5, 0.6) is 0 Å². The minimum atomic E-state index is -4.67. The highest BCUT2D eigenvalue weighted by atomic mass is 19.4. The molecule has 3 aromatic rings. The van der Waals surface area contributed by atoms with Gasteiger partial charge in [0.2, 0.25) is 6.41 Å². The van der Waals surface area contributed by atoms with Crippen molar-refractivity contribution in [3.05, 3.63) is 136 Å². The molecule has 1 unspecified atom stereocenters. The van der Waals surface area contributed by atoms with Crippen LogP contribution in [0.4, 0.5) is 30.7 Å². The fourth-order valence-corrected chi connectivity index (χ4v) is 4.27. The molecule has 3 rings (SSSR count). The van der Waals surface area contributed by atoms with Crippen LogP contribution in [0.2, 0.25) is 0 Å². The number of amides is 1. The van der Waals surface area contributed by atoms with Crippen LogP contribution in [0.15, 0.2) is 103 Å². The lowest BCUT2D eigenvalue weighted by molar-refractivity contribution is -0.111. The Labute approximate surface area is 253 Å². The van der Waals surface area contributed by atoms with E-state index in [4.69, 9.17) is 0 Å². The summed E-state index contributed by atoms with van der Waals surface area (Å²) in [5.74, 6) is -5.39. The van der Waals surface area contributed by atoms with Crippen molar-refractivity contribution in [3.8, 4) is 0 Å². The molecule has 1 heterocycles. The second kappa shape index (κ2) is 15.5. The number of rotatable bonds is 11. The number of halogens is 7. The fourth-order valence-electron chi connectivity index (χ4n) is 4.27. The topological polar surface area (TPSA) is 42.0 Å². The Balaban J connectivity index is 0.000000408. The van der Waals surface area contributed by atoms with E-state index in [1.54, 1.807) is 19.2 Å². The minimum absolute atomic E-state index is 0.201. The zero-order valence-electron chi connectivity index (χ0n) is 24.9. The lowest BCUT2D eigenvalue weighted by atomic mass is 9.79. The van der Waals surface area contributed by atoms with Crippen LogP contribution in [0, 0.1) is 5.82 Å². The highest BCUT2D eigenvalue weighted by Gasteiger charge is 2.38. The minimum Gasteiger partial charge on any atom is -0.343 e. The Morgan fingerprint density at radius 1 is 0.955 bits per heavy atom. The van der Waals surface area contributed by atoms with Gasteiger partial charge < -0.3 is 5.32 Å². The number of carbonyl (C=O) groups is 1. The third kappa shape index (κ3) is 9.65. The van der Waals surface area contributed by atoms with E-state index in [1.165, 1.54) is 19.1 Å². The first-order valence-electron chi connectivity index (χ1n) is 13.8. The Morgan fingerprint density at radius 3 is 2.07 bits per heavy atom. The number of allylic oxidation sites excluding steroid dienone is 5. The third-order valence-corrected chi connectivity index (χ3v) is 6.88. The number of carbonyl (C=O) groups excluding carboxylic acids is 1. The lowest BCUT2D eigenvalue weighted by Gasteiger charge is -2.34. The molecule has 0 bridgehead atoms. The van der Waals surface area contributed by atoms with Gasteiger partial charge in [0.1, 0.15) is 17.2 Å². The normalized spacial score (nSPS) is 14.0. The van der Waals surface area contributed by atoms with E-state index in [0.29, 0.717) is 37.1 Å². The average Bonchev–Trinajstić information content (AvgIpc) is 2.98. The van der Waals surface area contributed by atoms with Crippen LogP contribution in [0.1, 0.15) is 62.1 Å². The van der Waals surface area contributed by atoms with Crippen molar-refractivity contribution in [1.29, 1.82) is 0 Å². The van der Waals surface area contributed by atoms with E-state index in [0.717, 1.165) is 29.7 Å². The Morgan fingerprint density at radius 2 is 1.59 bits per heavy atom. The monoisotopic (exact) mass is 620 g/mol. The molecule has 0 radical (unpaired) electrons. The number of alkyl halides is 5. The van der Waals surface area contributed by atoms with E-state index in [9.17, 15) is 35.5 Å². The summed E-state index contributed by atoms with van der Waals surface area (Å²) in [7, 11) is 0. The number of nitrogens with zero attached hydrogens (tertiary/aromatic N) is 1. The van der Waals surface area contributed by atoms with E-state index in [1.807, 2.05) is 43.3 Å². The summed E-state index contributed by atoms with van der Waals surface area (Å²) in [6.07, 6.45) is 0.288. The van der Waals surface area contributed by atoms with Crippen molar-refractivity contribution >= 4 is 6.41 Å². The molecule has 44 heavy (non-hydrogen) atoms. The number of aryl methyl sites for hydroxylation is 1. The largest absolute Gasteiger partial charge is 0.419 e. The van der Waals surface area contributed by atoms with E-state index < -0.39 is 40.4 Å². The fraction of sp³-hybridized carbons (Fsp3) is 0.294. The first-order valence-corrected chi connectivity index (χ1v) is 13.8. The molecule has 0 aliphatic carbocycles. The van der Waals surface area contributed by atoms with Crippen LogP contribution in [-0.4, -0.2) is 17.6 Å². The van der Waals surface area contributed by atoms with Gasteiger partial charge in [0.25, 0.3) is 5.92 Å². The zero-order chi connectivity index (χ0) is 33.1. The number of hydrogen-bond acceptors (Lipinski definition) is 2. The molecule has 0 aliphatic rings. The molecule has 1 atom stereocenters. The van der Waals surface area contributed by atoms with Crippen molar-refractivity contribution in [2.75, 3.05) is 0 Å². The molecule has 2 aromatic carbocycles. The van der Waals surface area contributed by atoms with Crippen molar-refractivity contribution < 1.29 is 35.5 Å². The molecule has 1 aromatic heterocycles. The molecule has 0 fully saturated rings. The van der Waals surface area contributed by atoms with Crippen LogP contribution in [0.3, 0.4) is 0 Å². The van der Waals surface area contributed by atoms with Crippen molar-refractivity contribution in [2.45, 2.75) is 64.6 Å². The smallest absolute Gasteiger partial charge is 0.343 e. The molecule has 0 saturated carbocycles. The summed E-state index contributed by atoms with van der Waals surface area (Å²) >= 11 is 0. The predicted molar refractivity (Wildman–Crippen MR) is 158 cm³/mol. The van der Waals surface area contributed by atoms with Gasteiger partial charge in [-0.2, -0.15) is 13.2 Å². The SMILES string of the molecule is C=C/C(F)=C(\C=C(\C)CC)C(F)(F)F.CCc1ccc(C(Cc2ccccc2)(NC=O)c2cc(F)cc(C(C)(F)F)c2)nc1. The number of pyridine rings is 1. The predicted octanol–water partition coefficient (Wildman–Crippen LogP) is 9.44. The van der Waals surface area contributed by atoms with E-state index in [2.05, 4.69) is 16.9 Å². The molecule has 1 N–H and O–H groups in total. The van der Waals surface area contributed by atoms with Crippen molar-refractivity contribution in [2.24, 2.45) is 0 Å². The van der Waals surface area contributed by atoms with Gasteiger partial charge in [-0.15, -0.1) is 0 Å². The molecule has 1 amide bonds. The standard InChI is InChI=1S/C24H23F3N2O.C10H12F4/c1-3-17-9-10-22(28-15-17)24(29-16-30,14-18-7-5-4-6-8-18)20-11-19(23(2,26)27)12-21(25)13-20;1-4-7(3)6-8(9(11)5-2)10(12,13)14/h4-13,15-16H,3,14H2,1-2H3,(H,29,30);5-6H,2,4H2,1,3H3/b;7-6-,9-8-. The maximum atomic E-state index is 14.4. The van der Waals surface area contributed by atoms with Gasteiger partial charge >= 0.3 is 6.18 Å². The van der Waals surface area contributed by atoms with E-state index in [-0.39, 0.29) is 12.0 Å². The highest BCUT2D eigenvalue weighted by molar-refractivity contribution is 5.54. The summed E-state index contributed by atoms with van der Waals surface area (Å²) in [5, 5.41) is 2.77. The second-order valence-corrected chi connectivity index (χ2v) is 10.2. The van der Waals surface area contributed by atoms with Crippen LogP contribution >= 0.6 is 0 Å². The van der Waals surface area contributed by atoms with Crippen molar-refractivity contribution in [3.63, 3.8) is 0 Å². The summed E-state index contributed by atoms with van der Waals surface area (Å²) in [5.41, 5.74) is -0.134. The Kier molecular flexibility index (Phi) is 12.7. The van der Waals surface area contributed by atoms with Gasteiger partial charge in [0.15, 0.2) is 0 Å². The molecule has 236 valence electrons. The summed E-state index contributed by atoms with van der Waals surface area (Å²) in [6.45, 7) is 8.88. The van der Waals surface area contributed by atoms with Crippen molar-refractivity contribution in [1.82, 2.24) is 10.3 Å². The average molecular weight is 621 g/mol. The Bertz CT molecular complexity index is 1460. The van der Waals surface area contributed by atoms with Gasteiger partial charge in [-0.3, -0.25) is 9.78 Å². The van der Waals surface area contributed by atoms with Gasteiger partial charge in [-0.05, 0) is 72.9 Å². The maximum Gasteiger partial charge on any atom is 0.419 e. The van der Waals surface area contributed by atoms with E-state index >= 15 is 0 Å². The molecule has 0 spiro atoms. The molecular formula is C34H35F7N2O. The lowest BCUT2D eigenvalue weighted by Crippen LogP contribution is -2.45. The first-order chi connectivity index (χ1) is 20.6. The summed E-state index contributed by atoms with van der Waals surface area (Å²) in [4.78, 5) is 16.2. The molecule has 0 saturated heterocycles. The highest BCUT2D eigenvalue weighted by Crippen LogP contribution is 2.37. The number of aromatic nitrogens is 1. The number of benzene rings is 2. The van der Waals surface area contributed by atoms with Gasteiger partial charge in [-0.1, -0.05) is 62.4 Å². The van der Waals surface area contributed by atoms with Crippen LogP contribution in [-0.2, 0) is 29.1 Å². The third-order valence-electron chi connectivity index (χ3n) is 6.88. The molecule has 0 aliphatic heterocycles. The van der Waals surface area contributed by atoms with Crippen LogP contribution < -0.4 is 5.32 Å². The first kappa shape index (κ1) is 36.0. The van der Waals surface area contributed by atoms with Gasteiger partial charge in [0.05, 0.1) is 11.3 Å². The summed E-state index contributed by atoms with van der Waals surface area (Å²) in [6, 6.07) is 16.1. The number of hydrogen-bond donors (Lipinski definition) is 1. The Hall–Kier alpha value is -4.21. The maximum absolute atomic E-state index is 14.4. The number of nitrogens with one attached hydrogen (secondary N) is 1. The van der Waals surface area contributed by atoms with Gasteiger partial charge in [0, 0.05) is 25.1 Å². The molecular weight excluding hydrogens is 585 g/mol. The molecule has 3 nitrogen and oxygen atoms in total. The zero-order valence-corrected chi connectivity index (χ0v) is 24.9. The van der Waals surface area contributed by atoms with Gasteiger partial charge in [-0.25, -0.2) is 17.6 Å². The molecule has 10 heteroatoms. The summed E-state index contributed by atoms with van der Waals surface area (Å²) < 4.78 is 92.1. The quantitative estimate of drug-likeness (QED) is 0.132. The van der Waals surface area contributed by atoms with Crippen LogP contribution in [0.25, 0.3) is 0 Å². The second-order valence-electron chi connectivity index (χ2n) is 10.2.